The van der Waals surface area contributed by atoms with Gasteiger partial charge in [0.1, 0.15) is 0 Å². The molecule has 0 aromatic carbocycles. The van der Waals surface area contributed by atoms with Gasteiger partial charge < -0.3 is 12.7 Å². The Labute approximate surface area is 91.5 Å². The third-order valence-corrected chi connectivity index (χ3v) is 0.771. The molecule has 0 bridgehead atoms. The molecule has 5 heteroatoms. The average Bonchev–Trinajstić information content (AvgIpc) is 1.83. The van der Waals surface area contributed by atoms with Gasteiger partial charge in [-0.2, -0.15) is 0 Å². The predicted molar refractivity (Wildman–Crippen MR) is 36.9 cm³/mol. The minimum Gasteiger partial charge on any atom is -1.00 e. The summed E-state index contributed by atoms with van der Waals surface area (Å²) in [6.07, 6.45) is -0.210. The minimum absolute atomic E-state index is 0. The summed E-state index contributed by atoms with van der Waals surface area (Å²) in [6, 6.07) is 0. The van der Waals surface area contributed by atoms with Crippen LogP contribution in [0.5, 0.6) is 0 Å². The van der Waals surface area contributed by atoms with Crippen LogP contribution in [-0.4, -0.2) is 61.9 Å². The van der Waals surface area contributed by atoms with Gasteiger partial charge in [-0.15, -0.1) is 0 Å². The maximum Gasteiger partial charge on any atom is 2.00 e. The Kier molecular flexibility index (Phi) is 9.38. The molecule has 0 aromatic heterocycles. The van der Waals surface area contributed by atoms with E-state index in [1.807, 2.05) is 0 Å². The first-order valence-corrected chi connectivity index (χ1v) is 2.45. The van der Waals surface area contributed by atoms with Gasteiger partial charge in [-0.25, -0.2) is 0 Å². The maximum absolute atomic E-state index is 10.2. The van der Waals surface area contributed by atoms with E-state index in [9.17, 15) is 9.59 Å². The first-order chi connectivity index (χ1) is 4.16. The van der Waals surface area contributed by atoms with Gasteiger partial charge in [0.15, 0.2) is 0 Å². The second-order valence-corrected chi connectivity index (χ2v) is 1.47. The molecule has 0 atom stereocenters. The van der Waals surface area contributed by atoms with Crippen LogP contribution >= 0.6 is 0 Å². The van der Waals surface area contributed by atoms with Crippen molar-refractivity contribution in [2.75, 3.05) is 7.11 Å². The van der Waals surface area contributed by atoms with Crippen LogP contribution < -0.4 is 0 Å². The SMILES string of the molecule is COC(=O)CCC(=O)O.[Ca+2].[H-].[H-]. The summed E-state index contributed by atoms with van der Waals surface area (Å²) in [5.74, 6) is -1.47. The van der Waals surface area contributed by atoms with Gasteiger partial charge in [-0.3, -0.25) is 9.59 Å². The Morgan fingerprint density at radius 3 is 2.30 bits per heavy atom. The molecule has 0 aromatic rings. The van der Waals surface area contributed by atoms with E-state index in [1.54, 1.807) is 0 Å². The number of carbonyl (C=O) groups excluding carboxylic acids is 1. The summed E-state index contributed by atoms with van der Waals surface area (Å²) in [6.45, 7) is 0. The fourth-order valence-corrected chi connectivity index (χ4v) is 0.311. The van der Waals surface area contributed by atoms with E-state index < -0.39 is 11.9 Å². The van der Waals surface area contributed by atoms with E-state index in [4.69, 9.17) is 5.11 Å². The molecule has 1 N–H and O–H groups in total. The average molecular weight is 174 g/mol. The molecule has 0 unspecified atom stereocenters. The Morgan fingerprint density at radius 1 is 1.50 bits per heavy atom. The Hall–Kier alpha value is 0.200. The molecule has 0 fully saturated rings. The van der Waals surface area contributed by atoms with Crippen LogP contribution in [0.4, 0.5) is 0 Å². The largest absolute Gasteiger partial charge is 2.00 e. The molecule has 4 nitrogen and oxygen atoms in total. The summed E-state index contributed by atoms with van der Waals surface area (Å²) in [7, 11) is 1.23. The number of aliphatic carboxylic acids is 1. The number of hydrogen-bond acceptors (Lipinski definition) is 3. The fourth-order valence-electron chi connectivity index (χ4n) is 0.311. The van der Waals surface area contributed by atoms with E-state index in [2.05, 4.69) is 4.74 Å². The molecule has 0 aliphatic heterocycles. The van der Waals surface area contributed by atoms with Crippen molar-refractivity contribution in [3.8, 4) is 0 Å². The zero-order valence-electron chi connectivity index (χ0n) is 7.79. The van der Waals surface area contributed by atoms with Gasteiger partial charge in [0.2, 0.25) is 0 Å². The third-order valence-electron chi connectivity index (χ3n) is 0.771. The van der Waals surface area contributed by atoms with Crippen LogP contribution in [0.25, 0.3) is 0 Å². The monoisotopic (exact) mass is 174 g/mol. The predicted octanol–water partition coefficient (Wildman–Crippen LogP) is -0.132. The number of rotatable bonds is 3. The van der Waals surface area contributed by atoms with Gasteiger partial charge in [-0.05, 0) is 0 Å². The van der Waals surface area contributed by atoms with Crippen LogP contribution in [-0.2, 0) is 14.3 Å². The van der Waals surface area contributed by atoms with Crippen LogP contribution in [0.1, 0.15) is 15.7 Å². The molecule has 0 rings (SSSR count). The second kappa shape index (κ2) is 7.31. The Morgan fingerprint density at radius 2 is 2.00 bits per heavy atom. The van der Waals surface area contributed by atoms with Crippen molar-refractivity contribution in [2.45, 2.75) is 12.8 Å². The van der Waals surface area contributed by atoms with Crippen molar-refractivity contribution in [3.63, 3.8) is 0 Å². The topological polar surface area (TPSA) is 63.6 Å². The van der Waals surface area contributed by atoms with Gasteiger partial charge >= 0.3 is 49.7 Å². The van der Waals surface area contributed by atoms with Crippen molar-refractivity contribution >= 4 is 49.7 Å². The zero-order valence-corrected chi connectivity index (χ0v) is 8.00. The summed E-state index contributed by atoms with van der Waals surface area (Å²) in [4.78, 5) is 20.0. The number of carbonyl (C=O) groups is 2. The number of esters is 1. The molecule has 10 heavy (non-hydrogen) atoms. The number of ether oxygens (including phenoxy) is 1. The van der Waals surface area contributed by atoms with E-state index in [1.165, 1.54) is 7.11 Å². The molecule has 0 radical (unpaired) electrons. The molecule has 0 saturated carbocycles. The first kappa shape index (κ1) is 12.8. The third kappa shape index (κ3) is 8.20. The summed E-state index contributed by atoms with van der Waals surface area (Å²) >= 11 is 0. The molecule has 0 amide bonds. The van der Waals surface area contributed by atoms with E-state index >= 15 is 0 Å². The molecule has 0 saturated heterocycles. The molecule has 56 valence electrons. The summed E-state index contributed by atoms with van der Waals surface area (Å²) in [5, 5.41) is 8.05. The fraction of sp³-hybridized carbons (Fsp3) is 0.600. The molecule has 0 aliphatic carbocycles. The number of carboxylic acid groups (broad SMARTS) is 1. The van der Waals surface area contributed by atoms with E-state index in [0.717, 1.165) is 0 Å². The van der Waals surface area contributed by atoms with Crippen LogP contribution in [0, 0.1) is 0 Å². The van der Waals surface area contributed by atoms with Crippen molar-refractivity contribution in [1.29, 1.82) is 0 Å². The summed E-state index contributed by atoms with van der Waals surface area (Å²) in [5.41, 5.74) is 0. The van der Waals surface area contributed by atoms with Crippen molar-refractivity contribution in [1.82, 2.24) is 0 Å². The molecule has 0 spiro atoms. The normalized spacial score (nSPS) is 7.70. The number of methoxy groups -OCH3 is 1. The van der Waals surface area contributed by atoms with Gasteiger partial charge in [-0.1, -0.05) is 0 Å². The Bertz CT molecular complexity index is 131. The maximum atomic E-state index is 10.2. The smallest absolute Gasteiger partial charge is 1.00 e. The molecular weight excluding hydrogens is 164 g/mol. The molecular formula is C5H10CaO4. The Balaban J connectivity index is -0.000000107. The number of hydrogen-bond donors (Lipinski definition) is 1. The summed E-state index contributed by atoms with van der Waals surface area (Å²) < 4.78 is 4.20. The van der Waals surface area contributed by atoms with E-state index in [-0.39, 0.29) is 53.4 Å². The van der Waals surface area contributed by atoms with Gasteiger partial charge in [0.05, 0.1) is 20.0 Å². The van der Waals surface area contributed by atoms with Crippen molar-refractivity contribution in [2.24, 2.45) is 0 Å². The van der Waals surface area contributed by atoms with Gasteiger partial charge in [0.25, 0.3) is 0 Å². The minimum atomic E-state index is -0.986. The van der Waals surface area contributed by atoms with Crippen LogP contribution in [0.2, 0.25) is 0 Å². The van der Waals surface area contributed by atoms with Crippen molar-refractivity contribution < 1.29 is 22.3 Å². The van der Waals surface area contributed by atoms with Gasteiger partial charge in [0, 0.05) is 0 Å². The number of carboxylic acids is 1. The van der Waals surface area contributed by atoms with E-state index in [0.29, 0.717) is 0 Å². The zero-order chi connectivity index (χ0) is 7.28. The van der Waals surface area contributed by atoms with Crippen molar-refractivity contribution in [3.05, 3.63) is 0 Å². The van der Waals surface area contributed by atoms with Crippen LogP contribution in [0.3, 0.4) is 0 Å². The van der Waals surface area contributed by atoms with Crippen LogP contribution in [0.15, 0.2) is 0 Å². The standard InChI is InChI=1S/C5H8O4.Ca.2H/c1-9-5(8)3-2-4(6)7;;;/h2-3H2,1H3,(H,6,7);;;/q;+2;2*-1. The first-order valence-electron chi connectivity index (χ1n) is 2.45. The quantitative estimate of drug-likeness (QED) is 0.478. The molecule has 0 heterocycles. The molecule has 0 aliphatic rings. The second-order valence-electron chi connectivity index (χ2n) is 1.47.